The molecule has 3 aromatic carbocycles. The molecule has 0 aliphatic heterocycles. The Balaban J connectivity index is 2.10. The standard InChI is InChI=1S/C26H32OS/c1-25(2,3)19-11-15-21(16-12-19)28(24-10-8-7-9-23(24)27)22-17-13-20(14-18-22)26(4,5)6/h7-18,27-28H,1-6H3. The minimum absolute atomic E-state index is 0.129. The van der Waals surface area contributed by atoms with Crippen LogP contribution in [0.3, 0.4) is 0 Å². The highest BCUT2D eigenvalue weighted by molar-refractivity contribution is 8.17. The van der Waals surface area contributed by atoms with Crippen LogP contribution < -0.4 is 0 Å². The van der Waals surface area contributed by atoms with Crippen LogP contribution in [0.5, 0.6) is 5.75 Å². The van der Waals surface area contributed by atoms with Gasteiger partial charge in [0.25, 0.3) is 0 Å². The van der Waals surface area contributed by atoms with Crippen molar-refractivity contribution in [3.05, 3.63) is 83.9 Å². The van der Waals surface area contributed by atoms with Gasteiger partial charge >= 0.3 is 0 Å². The first-order valence-corrected chi connectivity index (χ1v) is 11.2. The molecule has 0 unspecified atom stereocenters. The summed E-state index contributed by atoms with van der Waals surface area (Å²) in [6.07, 6.45) is 0. The maximum atomic E-state index is 10.6. The lowest BCUT2D eigenvalue weighted by molar-refractivity contribution is 0.462. The molecule has 1 N–H and O–H groups in total. The fourth-order valence-corrected chi connectivity index (χ4v) is 5.59. The maximum absolute atomic E-state index is 10.6. The number of phenols is 1. The van der Waals surface area contributed by atoms with Crippen molar-refractivity contribution >= 4 is 10.9 Å². The summed E-state index contributed by atoms with van der Waals surface area (Å²) >= 11 is 0. The first-order chi connectivity index (χ1) is 13.1. The first kappa shape index (κ1) is 20.5. The van der Waals surface area contributed by atoms with Gasteiger partial charge in [0.2, 0.25) is 0 Å². The Labute approximate surface area is 172 Å². The number of hydrogen-bond donors (Lipinski definition) is 2. The molecule has 0 bridgehead atoms. The Morgan fingerprint density at radius 3 is 1.32 bits per heavy atom. The van der Waals surface area contributed by atoms with E-state index < -0.39 is 10.9 Å². The average Bonchev–Trinajstić information content (AvgIpc) is 2.63. The Hall–Kier alpha value is -2.19. The van der Waals surface area contributed by atoms with Crippen LogP contribution in [0.25, 0.3) is 0 Å². The van der Waals surface area contributed by atoms with E-state index in [9.17, 15) is 5.11 Å². The smallest absolute Gasteiger partial charge is 0.128 e. The summed E-state index contributed by atoms with van der Waals surface area (Å²) in [7, 11) is -0.813. The Kier molecular flexibility index (Phi) is 5.63. The number of para-hydroxylation sites is 1. The van der Waals surface area contributed by atoms with Crippen LogP contribution in [0.2, 0.25) is 0 Å². The van der Waals surface area contributed by atoms with Gasteiger partial charge in [-0.05, 0) is 68.1 Å². The van der Waals surface area contributed by atoms with E-state index in [2.05, 4.69) is 96.1 Å². The van der Waals surface area contributed by atoms with Gasteiger partial charge < -0.3 is 5.11 Å². The molecule has 0 spiro atoms. The van der Waals surface area contributed by atoms with Crippen molar-refractivity contribution in [2.24, 2.45) is 0 Å². The first-order valence-electron chi connectivity index (χ1n) is 9.86. The second-order valence-corrected chi connectivity index (χ2v) is 11.6. The number of phenolic OH excluding ortho intramolecular Hbond substituents is 1. The molecular weight excluding hydrogens is 360 g/mol. The molecule has 0 aromatic heterocycles. The maximum Gasteiger partial charge on any atom is 0.128 e. The van der Waals surface area contributed by atoms with E-state index >= 15 is 0 Å². The molecule has 148 valence electrons. The third-order valence-corrected chi connectivity index (χ3v) is 7.59. The fraction of sp³-hybridized carbons (Fsp3) is 0.308. The lowest BCUT2D eigenvalue weighted by Gasteiger charge is -2.27. The van der Waals surface area contributed by atoms with Crippen molar-refractivity contribution in [1.82, 2.24) is 0 Å². The third kappa shape index (κ3) is 4.44. The molecule has 0 fully saturated rings. The summed E-state index contributed by atoms with van der Waals surface area (Å²) in [5, 5.41) is 10.6. The van der Waals surface area contributed by atoms with Gasteiger partial charge in [-0.15, -0.1) is 0 Å². The average molecular weight is 393 g/mol. The van der Waals surface area contributed by atoms with Crippen LogP contribution in [0.4, 0.5) is 0 Å². The normalized spacial score (nSPS) is 12.7. The van der Waals surface area contributed by atoms with Crippen LogP contribution >= 0.6 is 10.9 Å². The highest BCUT2D eigenvalue weighted by Crippen LogP contribution is 2.54. The molecule has 0 saturated carbocycles. The summed E-state index contributed by atoms with van der Waals surface area (Å²) in [5.41, 5.74) is 2.91. The summed E-state index contributed by atoms with van der Waals surface area (Å²) in [6, 6.07) is 25.6. The SMILES string of the molecule is CC(C)(C)c1ccc([SH](c2ccc(C(C)(C)C)cc2)c2ccccc2O)cc1. The topological polar surface area (TPSA) is 20.2 Å². The minimum atomic E-state index is -0.813. The molecule has 3 aromatic rings. The highest BCUT2D eigenvalue weighted by atomic mass is 32.2. The van der Waals surface area contributed by atoms with Crippen molar-refractivity contribution < 1.29 is 5.11 Å². The minimum Gasteiger partial charge on any atom is -0.507 e. The van der Waals surface area contributed by atoms with Gasteiger partial charge in [-0.3, -0.25) is 0 Å². The summed E-state index contributed by atoms with van der Waals surface area (Å²) in [5.74, 6) is 0.369. The largest absolute Gasteiger partial charge is 0.507 e. The molecule has 1 nitrogen and oxygen atoms in total. The van der Waals surface area contributed by atoms with Gasteiger partial charge in [-0.2, -0.15) is 10.9 Å². The zero-order valence-electron chi connectivity index (χ0n) is 17.8. The second kappa shape index (κ2) is 7.67. The molecule has 0 atom stereocenters. The van der Waals surface area contributed by atoms with Crippen LogP contribution in [0.1, 0.15) is 52.7 Å². The molecule has 2 heteroatoms. The van der Waals surface area contributed by atoms with Crippen LogP contribution in [-0.2, 0) is 10.8 Å². The zero-order valence-corrected chi connectivity index (χ0v) is 18.7. The molecule has 28 heavy (non-hydrogen) atoms. The van der Waals surface area contributed by atoms with E-state index in [1.54, 1.807) is 6.07 Å². The van der Waals surface area contributed by atoms with Crippen molar-refractivity contribution in [2.45, 2.75) is 67.1 Å². The summed E-state index contributed by atoms with van der Waals surface area (Å²) < 4.78 is 0. The van der Waals surface area contributed by atoms with Crippen molar-refractivity contribution in [3.63, 3.8) is 0 Å². The van der Waals surface area contributed by atoms with Gasteiger partial charge in [0.05, 0.1) is 0 Å². The second-order valence-electron chi connectivity index (χ2n) is 9.42. The number of hydrogen-bond acceptors (Lipinski definition) is 1. The lowest BCUT2D eigenvalue weighted by atomic mass is 9.87. The van der Waals surface area contributed by atoms with Crippen molar-refractivity contribution in [1.29, 1.82) is 0 Å². The third-order valence-electron chi connectivity index (χ3n) is 5.11. The highest BCUT2D eigenvalue weighted by Gasteiger charge is 2.19. The molecule has 0 saturated heterocycles. The van der Waals surface area contributed by atoms with Gasteiger partial charge in [0.15, 0.2) is 0 Å². The van der Waals surface area contributed by atoms with E-state index in [0.29, 0.717) is 5.75 Å². The summed E-state index contributed by atoms with van der Waals surface area (Å²) in [4.78, 5) is 3.52. The van der Waals surface area contributed by atoms with Crippen LogP contribution in [-0.4, -0.2) is 5.11 Å². The molecule has 0 aliphatic carbocycles. The number of thiol groups is 1. The molecule has 0 radical (unpaired) electrons. The summed E-state index contributed by atoms with van der Waals surface area (Å²) in [6.45, 7) is 13.4. The van der Waals surface area contributed by atoms with Gasteiger partial charge in [-0.1, -0.05) is 77.9 Å². The van der Waals surface area contributed by atoms with Gasteiger partial charge in [0.1, 0.15) is 5.75 Å². The van der Waals surface area contributed by atoms with Gasteiger partial charge in [0, 0.05) is 4.90 Å². The van der Waals surface area contributed by atoms with Crippen molar-refractivity contribution in [3.8, 4) is 5.75 Å². The molecule has 3 rings (SSSR count). The predicted molar refractivity (Wildman–Crippen MR) is 122 cm³/mol. The molecule has 0 aliphatic rings. The molecular formula is C26H32OS. The molecule has 0 amide bonds. The van der Waals surface area contributed by atoms with Crippen LogP contribution in [0.15, 0.2) is 87.5 Å². The van der Waals surface area contributed by atoms with Crippen LogP contribution in [0, 0.1) is 0 Å². The zero-order chi connectivity index (χ0) is 20.5. The van der Waals surface area contributed by atoms with Crippen molar-refractivity contribution in [2.75, 3.05) is 0 Å². The molecule has 0 heterocycles. The van der Waals surface area contributed by atoms with E-state index in [0.717, 1.165) is 4.90 Å². The number of benzene rings is 3. The Morgan fingerprint density at radius 2 is 0.964 bits per heavy atom. The fourth-order valence-electron chi connectivity index (χ4n) is 3.30. The monoisotopic (exact) mass is 392 g/mol. The van der Waals surface area contributed by atoms with Gasteiger partial charge in [-0.25, -0.2) is 0 Å². The Morgan fingerprint density at radius 1 is 0.571 bits per heavy atom. The predicted octanol–water partition coefficient (Wildman–Crippen LogP) is 7.47. The number of aromatic hydroxyl groups is 1. The van der Waals surface area contributed by atoms with E-state index in [4.69, 9.17) is 0 Å². The number of rotatable bonds is 3. The van der Waals surface area contributed by atoms with E-state index in [-0.39, 0.29) is 10.8 Å². The lowest BCUT2D eigenvalue weighted by Crippen LogP contribution is -2.11. The quantitative estimate of drug-likeness (QED) is 0.443. The Bertz CT molecular complexity index is 868. The van der Waals surface area contributed by atoms with E-state index in [1.165, 1.54) is 20.9 Å². The van der Waals surface area contributed by atoms with E-state index in [1.807, 2.05) is 12.1 Å².